The van der Waals surface area contributed by atoms with Crippen LogP contribution >= 0.6 is 0 Å². The van der Waals surface area contributed by atoms with Crippen molar-refractivity contribution < 1.29 is 14.7 Å². The second-order valence-electron chi connectivity index (χ2n) is 3.49. The number of amides is 1. The molecule has 0 bridgehead atoms. The molecule has 0 aliphatic carbocycles. The summed E-state index contributed by atoms with van der Waals surface area (Å²) < 4.78 is 0. The highest BCUT2D eigenvalue weighted by Crippen LogP contribution is 2.02. The van der Waals surface area contributed by atoms with Crippen LogP contribution in [0.25, 0.3) is 0 Å². The second kappa shape index (κ2) is 5.20. The van der Waals surface area contributed by atoms with Crippen LogP contribution in [0.2, 0.25) is 0 Å². The van der Waals surface area contributed by atoms with E-state index in [1.807, 2.05) is 6.92 Å². The molecule has 0 aliphatic rings. The van der Waals surface area contributed by atoms with E-state index >= 15 is 0 Å². The third-order valence-electron chi connectivity index (χ3n) is 2.02. The van der Waals surface area contributed by atoms with Gasteiger partial charge in [-0.15, -0.1) is 5.10 Å². The predicted molar refractivity (Wildman–Crippen MR) is 56.0 cm³/mol. The summed E-state index contributed by atoms with van der Waals surface area (Å²) in [5, 5.41) is 15.9. The number of nitrogens with zero attached hydrogens (tertiary/aromatic N) is 3. The van der Waals surface area contributed by atoms with E-state index in [4.69, 9.17) is 5.11 Å². The Hall–Kier alpha value is -1.98. The van der Waals surface area contributed by atoms with Crippen LogP contribution < -0.4 is 0 Å². The molecular formula is C10H13N3O3. The van der Waals surface area contributed by atoms with Crippen LogP contribution in [-0.2, 0) is 4.79 Å². The Bertz CT molecular complexity index is 406. The summed E-state index contributed by atoms with van der Waals surface area (Å²) in [7, 11) is 1.54. The summed E-state index contributed by atoms with van der Waals surface area (Å²) in [6.07, 6.45) is 1.47. The molecule has 1 rings (SSSR count). The molecule has 1 amide bonds. The highest BCUT2D eigenvalue weighted by molar-refractivity contribution is 5.92. The van der Waals surface area contributed by atoms with Gasteiger partial charge in [0.25, 0.3) is 5.91 Å². The Labute approximate surface area is 92.9 Å². The van der Waals surface area contributed by atoms with Crippen LogP contribution in [0.3, 0.4) is 0 Å². The first-order chi connectivity index (χ1) is 7.50. The number of rotatable bonds is 4. The van der Waals surface area contributed by atoms with Gasteiger partial charge in [0, 0.05) is 13.6 Å². The average Bonchev–Trinajstić information content (AvgIpc) is 2.24. The Morgan fingerprint density at radius 2 is 2.19 bits per heavy atom. The van der Waals surface area contributed by atoms with Crippen molar-refractivity contribution in [3.05, 3.63) is 23.5 Å². The summed E-state index contributed by atoms with van der Waals surface area (Å²) in [5.41, 5.74) is 1.07. The Morgan fingerprint density at radius 3 is 2.75 bits per heavy atom. The number of carboxylic acids is 1. The summed E-state index contributed by atoms with van der Waals surface area (Å²) >= 11 is 0. The average molecular weight is 223 g/mol. The predicted octanol–water partition coefficient (Wildman–Crippen LogP) is 0.332. The number of carbonyl (C=O) groups excluding carboxylic acids is 1. The zero-order chi connectivity index (χ0) is 12.1. The maximum atomic E-state index is 11.7. The molecule has 0 fully saturated rings. The van der Waals surface area contributed by atoms with Gasteiger partial charge >= 0.3 is 5.97 Å². The standard InChI is InChI=1S/C10H13N3O3/c1-7-5-8(12-11-6-7)10(16)13(2)4-3-9(14)15/h5-6H,3-4H2,1-2H3,(H,14,15). The lowest BCUT2D eigenvalue weighted by Crippen LogP contribution is -2.29. The number of hydrogen-bond donors (Lipinski definition) is 1. The minimum absolute atomic E-state index is 0.0819. The van der Waals surface area contributed by atoms with Crippen LogP contribution in [0.1, 0.15) is 22.5 Å². The quantitative estimate of drug-likeness (QED) is 0.795. The number of aryl methyl sites for hydroxylation is 1. The third kappa shape index (κ3) is 3.30. The van der Waals surface area contributed by atoms with Gasteiger partial charge in [-0.25, -0.2) is 0 Å². The van der Waals surface area contributed by atoms with Gasteiger partial charge in [0.2, 0.25) is 0 Å². The smallest absolute Gasteiger partial charge is 0.305 e. The summed E-state index contributed by atoms with van der Waals surface area (Å²) in [4.78, 5) is 23.4. The molecule has 6 nitrogen and oxygen atoms in total. The van der Waals surface area contributed by atoms with Crippen molar-refractivity contribution in [3.8, 4) is 0 Å². The van der Waals surface area contributed by atoms with E-state index < -0.39 is 5.97 Å². The fourth-order valence-electron chi connectivity index (χ4n) is 1.13. The fraction of sp³-hybridized carbons (Fsp3) is 0.400. The fourth-order valence-corrected chi connectivity index (χ4v) is 1.13. The molecule has 0 saturated carbocycles. The molecule has 0 atom stereocenters. The van der Waals surface area contributed by atoms with Crippen molar-refractivity contribution in [1.82, 2.24) is 15.1 Å². The number of aliphatic carboxylic acids is 1. The highest BCUT2D eigenvalue weighted by Gasteiger charge is 2.14. The molecule has 16 heavy (non-hydrogen) atoms. The lowest BCUT2D eigenvalue weighted by atomic mass is 10.2. The van der Waals surface area contributed by atoms with E-state index in [1.54, 1.807) is 12.3 Å². The van der Waals surface area contributed by atoms with E-state index in [0.29, 0.717) is 0 Å². The molecule has 6 heteroatoms. The zero-order valence-corrected chi connectivity index (χ0v) is 9.17. The van der Waals surface area contributed by atoms with Gasteiger partial charge in [-0.05, 0) is 18.6 Å². The molecule has 1 aromatic heterocycles. The Kier molecular flexibility index (Phi) is 3.93. The summed E-state index contributed by atoms with van der Waals surface area (Å²) in [5.74, 6) is -1.26. The van der Waals surface area contributed by atoms with E-state index in [2.05, 4.69) is 10.2 Å². The Balaban J connectivity index is 2.67. The zero-order valence-electron chi connectivity index (χ0n) is 9.17. The normalized spacial score (nSPS) is 9.88. The van der Waals surface area contributed by atoms with Gasteiger partial charge in [-0.2, -0.15) is 5.10 Å². The van der Waals surface area contributed by atoms with Gasteiger partial charge in [-0.1, -0.05) is 0 Å². The van der Waals surface area contributed by atoms with Gasteiger partial charge in [-0.3, -0.25) is 9.59 Å². The molecule has 1 heterocycles. The minimum Gasteiger partial charge on any atom is -0.481 e. The molecule has 1 N–H and O–H groups in total. The van der Waals surface area contributed by atoms with E-state index in [-0.39, 0.29) is 24.6 Å². The largest absolute Gasteiger partial charge is 0.481 e. The number of carboxylic acid groups (broad SMARTS) is 1. The second-order valence-corrected chi connectivity index (χ2v) is 3.49. The van der Waals surface area contributed by atoms with Crippen molar-refractivity contribution in [2.75, 3.05) is 13.6 Å². The number of carbonyl (C=O) groups is 2. The molecular weight excluding hydrogens is 210 g/mol. The van der Waals surface area contributed by atoms with Crippen molar-refractivity contribution >= 4 is 11.9 Å². The first-order valence-electron chi connectivity index (χ1n) is 4.77. The molecule has 1 aromatic rings. The third-order valence-corrected chi connectivity index (χ3v) is 2.02. The van der Waals surface area contributed by atoms with Gasteiger partial charge in [0.05, 0.1) is 12.6 Å². The van der Waals surface area contributed by atoms with Crippen LogP contribution in [0, 0.1) is 6.92 Å². The van der Waals surface area contributed by atoms with Crippen LogP contribution in [0.15, 0.2) is 12.3 Å². The maximum absolute atomic E-state index is 11.7. The lowest BCUT2D eigenvalue weighted by molar-refractivity contribution is -0.137. The van der Waals surface area contributed by atoms with Crippen molar-refractivity contribution in [1.29, 1.82) is 0 Å². The SMILES string of the molecule is Cc1cnnc(C(=O)N(C)CCC(=O)O)c1. The monoisotopic (exact) mass is 223 g/mol. The first-order valence-corrected chi connectivity index (χ1v) is 4.77. The molecule has 0 radical (unpaired) electrons. The van der Waals surface area contributed by atoms with Crippen LogP contribution in [-0.4, -0.2) is 45.7 Å². The highest BCUT2D eigenvalue weighted by atomic mass is 16.4. The van der Waals surface area contributed by atoms with Crippen molar-refractivity contribution in [3.63, 3.8) is 0 Å². The number of aromatic nitrogens is 2. The topological polar surface area (TPSA) is 83.4 Å². The molecule has 0 aliphatic heterocycles. The maximum Gasteiger partial charge on any atom is 0.305 e. The van der Waals surface area contributed by atoms with Crippen LogP contribution in [0.5, 0.6) is 0 Å². The van der Waals surface area contributed by atoms with E-state index in [1.165, 1.54) is 11.9 Å². The van der Waals surface area contributed by atoms with Gasteiger partial charge in [0.15, 0.2) is 5.69 Å². The van der Waals surface area contributed by atoms with Gasteiger partial charge in [0.1, 0.15) is 0 Å². The molecule has 0 saturated heterocycles. The first kappa shape index (κ1) is 12.1. The van der Waals surface area contributed by atoms with E-state index in [9.17, 15) is 9.59 Å². The Morgan fingerprint density at radius 1 is 1.50 bits per heavy atom. The summed E-state index contributed by atoms with van der Waals surface area (Å²) in [6, 6.07) is 1.62. The molecule has 0 unspecified atom stereocenters. The molecule has 86 valence electrons. The van der Waals surface area contributed by atoms with Gasteiger partial charge < -0.3 is 10.0 Å². The number of hydrogen-bond acceptors (Lipinski definition) is 4. The lowest BCUT2D eigenvalue weighted by Gasteiger charge is -2.14. The minimum atomic E-state index is -0.935. The molecule has 0 spiro atoms. The summed E-state index contributed by atoms with van der Waals surface area (Å²) in [6.45, 7) is 1.96. The van der Waals surface area contributed by atoms with Crippen molar-refractivity contribution in [2.45, 2.75) is 13.3 Å². The molecule has 0 aromatic carbocycles. The van der Waals surface area contributed by atoms with Crippen LogP contribution in [0.4, 0.5) is 0 Å². The van der Waals surface area contributed by atoms with E-state index in [0.717, 1.165) is 5.56 Å². The van der Waals surface area contributed by atoms with Crippen molar-refractivity contribution in [2.24, 2.45) is 0 Å².